The Labute approximate surface area is 115 Å². The van der Waals surface area contributed by atoms with Gasteiger partial charge in [-0.3, -0.25) is 0 Å². The Bertz CT molecular complexity index is 845. The van der Waals surface area contributed by atoms with Gasteiger partial charge >= 0.3 is 5.97 Å². The third-order valence-electron chi connectivity index (χ3n) is 4.10. The number of H-pyrrole nitrogens is 1. The Morgan fingerprint density at radius 1 is 1.05 bits per heavy atom. The Morgan fingerprint density at radius 3 is 2.75 bits per heavy atom. The molecule has 1 aromatic heterocycles. The minimum atomic E-state index is -0.887. The van der Waals surface area contributed by atoms with Crippen LogP contribution in [0.25, 0.3) is 22.2 Å². The lowest BCUT2D eigenvalue weighted by molar-refractivity contribution is 0.0699. The lowest BCUT2D eigenvalue weighted by Crippen LogP contribution is -2.02. The molecule has 0 saturated heterocycles. The van der Waals surface area contributed by atoms with Crippen LogP contribution in [0.15, 0.2) is 42.5 Å². The number of carbonyl (C=O) groups is 1. The van der Waals surface area contributed by atoms with Gasteiger partial charge in [-0.1, -0.05) is 36.4 Å². The van der Waals surface area contributed by atoms with Crippen LogP contribution in [-0.4, -0.2) is 16.1 Å². The molecule has 0 bridgehead atoms. The highest BCUT2D eigenvalue weighted by atomic mass is 16.4. The molecule has 2 aromatic carbocycles. The highest BCUT2D eigenvalue weighted by Crippen LogP contribution is 2.38. The number of aromatic nitrogens is 1. The number of nitrogens with one attached hydrogen (secondary N) is 1. The van der Waals surface area contributed by atoms with Crippen molar-refractivity contribution < 1.29 is 9.90 Å². The molecule has 4 rings (SSSR count). The van der Waals surface area contributed by atoms with Gasteiger partial charge < -0.3 is 10.1 Å². The Kier molecular flexibility index (Phi) is 2.24. The number of aromatic carboxylic acids is 1. The lowest BCUT2D eigenvalue weighted by Gasteiger charge is -2.16. The smallest absolute Gasteiger partial charge is 0.337 e. The second kappa shape index (κ2) is 3.97. The van der Waals surface area contributed by atoms with E-state index < -0.39 is 5.97 Å². The number of aromatic amines is 1. The Balaban J connectivity index is 2.08. The van der Waals surface area contributed by atoms with Gasteiger partial charge in [-0.15, -0.1) is 0 Å². The summed E-state index contributed by atoms with van der Waals surface area (Å²) in [7, 11) is 0. The predicted octanol–water partition coefficient (Wildman–Crippen LogP) is 3.63. The van der Waals surface area contributed by atoms with Crippen LogP contribution in [0.1, 0.15) is 21.5 Å². The number of benzene rings is 2. The average Bonchev–Trinajstić information content (AvgIpc) is 2.86. The zero-order valence-corrected chi connectivity index (χ0v) is 10.8. The van der Waals surface area contributed by atoms with E-state index in [4.69, 9.17) is 0 Å². The zero-order chi connectivity index (χ0) is 13.7. The van der Waals surface area contributed by atoms with Crippen LogP contribution in [0.2, 0.25) is 0 Å². The standard InChI is InChI=1S/C17H13NO2/c19-17(20)14-7-3-6-12-13-9-8-10-4-1-2-5-11(10)15(13)18-16(12)14/h1-7,18H,8-9H2,(H,19,20). The number of fused-ring (bicyclic) bond motifs is 5. The highest BCUT2D eigenvalue weighted by Gasteiger charge is 2.22. The summed E-state index contributed by atoms with van der Waals surface area (Å²) in [5, 5.41) is 10.4. The van der Waals surface area contributed by atoms with E-state index in [0.717, 1.165) is 29.4 Å². The van der Waals surface area contributed by atoms with E-state index in [1.807, 2.05) is 18.2 Å². The molecular weight excluding hydrogens is 250 g/mol. The molecule has 98 valence electrons. The first-order valence-corrected chi connectivity index (χ1v) is 6.71. The van der Waals surface area contributed by atoms with Crippen molar-refractivity contribution in [2.75, 3.05) is 0 Å². The number of hydrogen-bond acceptors (Lipinski definition) is 1. The van der Waals surface area contributed by atoms with Gasteiger partial charge in [0.25, 0.3) is 0 Å². The van der Waals surface area contributed by atoms with E-state index in [1.54, 1.807) is 6.07 Å². The van der Waals surface area contributed by atoms with Gasteiger partial charge in [-0.2, -0.15) is 0 Å². The molecule has 1 heterocycles. The van der Waals surface area contributed by atoms with Gasteiger partial charge in [0.05, 0.1) is 11.1 Å². The van der Waals surface area contributed by atoms with Crippen molar-refractivity contribution in [3.63, 3.8) is 0 Å². The van der Waals surface area contributed by atoms with Crippen molar-refractivity contribution in [3.05, 3.63) is 59.2 Å². The molecule has 0 saturated carbocycles. The summed E-state index contributed by atoms with van der Waals surface area (Å²) in [4.78, 5) is 14.7. The number of rotatable bonds is 1. The molecule has 0 atom stereocenters. The summed E-state index contributed by atoms with van der Waals surface area (Å²) in [6.45, 7) is 0. The van der Waals surface area contributed by atoms with Crippen LogP contribution < -0.4 is 0 Å². The van der Waals surface area contributed by atoms with Gasteiger partial charge in [0.15, 0.2) is 0 Å². The van der Waals surface area contributed by atoms with Gasteiger partial charge in [0, 0.05) is 16.6 Å². The van der Waals surface area contributed by atoms with Crippen molar-refractivity contribution in [2.24, 2.45) is 0 Å². The van der Waals surface area contributed by atoms with Gasteiger partial charge in [0.2, 0.25) is 0 Å². The lowest BCUT2D eigenvalue weighted by atomic mass is 9.89. The summed E-state index contributed by atoms with van der Waals surface area (Å²) in [6.07, 6.45) is 1.96. The van der Waals surface area contributed by atoms with E-state index in [2.05, 4.69) is 23.2 Å². The molecule has 1 aliphatic rings. The minimum Gasteiger partial charge on any atom is -0.478 e. The van der Waals surface area contributed by atoms with Gasteiger partial charge in [-0.05, 0) is 30.0 Å². The molecule has 0 radical (unpaired) electrons. The number of hydrogen-bond donors (Lipinski definition) is 2. The summed E-state index contributed by atoms with van der Waals surface area (Å²) in [6, 6.07) is 13.8. The predicted molar refractivity (Wildman–Crippen MR) is 78.1 cm³/mol. The second-order valence-electron chi connectivity index (χ2n) is 5.17. The van der Waals surface area contributed by atoms with E-state index in [9.17, 15) is 9.90 Å². The zero-order valence-electron chi connectivity index (χ0n) is 10.8. The van der Waals surface area contributed by atoms with Crippen molar-refractivity contribution in [1.82, 2.24) is 4.98 Å². The quantitative estimate of drug-likeness (QED) is 0.704. The fourth-order valence-corrected chi connectivity index (χ4v) is 3.18. The van der Waals surface area contributed by atoms with E-state index in [1.165, 1.54) is 16.7 Å². The molecule has 20 heavy (non-hydrogen) atoms. The first-order chi connectivity index (χ1) is 9.75. The summed E-state index contributed by atoms with van der Waals surface area (Å²) in [5.74, 6) is -0.887. The molecule has 0 unspecified atom stereocenters. The van der Waals surface area contributed by atoms with Gasteiger partial charge in [0.1, 0.15) is 0 Å². The van der Waals surface area contributed by atoms with Crippen LogP contribution in [0.4, 0.5) is 0 Å². The fraction of sp³-hybridized carbons (Fsp3) is 0.118. The molecule has 0 amide bonds. The molecule has 0 spiro atoms. The first kappa shape index (κ1) is 11.3. The minimum absolute atomic E-state index is 0.342. The van der Waals surface area contributed by atoms with Crippen molar-refractivity contribution in [1.29, 1.82) is 0 Å². The number of carboxylic acid groups (broad SMARTS) is 1. The number of aryl methyl sites for hydroxylation is 2. The summed E-state index contributed by atoms with van der Waals surface area (Å²) in [5.41, 5.74) is 5.91. The third-order valence-corrected chi connectivity index (χ3v) is 4.10. The molecule has 3 heteroatoms. The topological polar surface area (TPSA) is 53.1 Å². The van der Waals surface area contributed by atoms with Crippen molar-refractivity contribution >= 4 is 16.9 Å². The largest absolute Gasteiger partial charge is 0.478 e. The van der Waals surface area contributed by atoms with Crippen molar-refractivity contribution in [3.8, 4) is 11.3 Å². The van der Waals surface area contributed by atoms with Crippen LogP contribution in [0.3, 0.4) is 0 Å². The van der Waals surface area contributed by atoms with Crippen LogP contribution in [-0.2, 0) is 12.8 Å². The number of carboxylic acids is 1. The molecule has 1 aliphatic carbocycles. The average molecular weight is 263 g/mol. The monoisotopic (exact) mass is 263 g/mol. The number of para-hydroxylation sites is 1. The normalized spacial score (nSPS) is 13.0. The van der Waals surface area contributed by atoms with E-state index in [-0.39, 0.29) is 0 Å². The molecule has 3 nitrogen and oxygen atoms in total. The van der Waals surface area contributed by atoms with Crippen molar-refractivity contribution in [2.45, 2.75) is 12.8 Å². The van der Waals surface area contributed by atoms with Crippen LogP contribution in [0.5, 0.6) is 0 Å². The van der Waals surface area contributed by atoms with Crippen LogP contribution >= 0.6 is 0 Å². The molecule has 2 N–H and O–H groups in total. The third kappa shape index (κ3) is 1.43. The maximum atomic E-state index is 11.4. The fourth-order valence-electron chi connectivity index (χ4n) is 3.18. The SMILES string of the molecule is O=C(O)c1cccc2c3c([nH]c12)-c1ccccc1CC3. The molecule has 3 aromatic rings. The maximum absolute atomic E-state index is 11.4. The molecule has 0 fully saturated rings. The van der Waals surface area contributed by atoms with Crippen LogP contribution in [0, 0.1) is 0 Å². The molecule has 0 aliphatic heterocycles. The van der Waals surface area contributed by atoms with Gasteiger partial charge in [-0.25, -0.2) is 4.79 Å². The first-order valence-electron chi connectivity index (χ1n) is 6.71. The highest BCUT2D eigenvalue weighted by molar-refractivity contribution is 6.05. The Morgan fingerprint density at radius 2 is 1.90 bits per heavy atom. The second-order valence-corrected chi connectivity index (χ2v) is 5.17. The summed E-state index contributed by atoms with van der Waals surface area (Å²) < 4.78 is 0. The van der Waals surface area contributed by atoms with E-state index in [0.29, 0.717) is 5.56 Å². The van der Waals surface area contributed by atoms with E-state index >= 15 is 0 Å². The Hall–Kier alpha value is -2.55. The maximum Gasteiger partial charge on any atom is 0.337 e. The molecular formula is C17H13NO2. The summed E-state index contributed by atoms with van der Waals surface area (Å²) >= 11 is 0.